The van der Waals surface area contributed by atoms with Crippen LogP contribution in [0.3, 0.4) is 0 Å². The summed E-state index contributed by atoms with van der Waals surface area (Å²) in [7, 11) is 3.95. The monoisotopic (exact) mass is 298 g/mol. The molecule has 0 aliphatic heterocycles. The van der Waals surface area contributed by atoms with Gasteiger partial charge in [-0.2, -0.15) is 0 Å². The van der Waals surface area contributed by atoms with Crippen LogP contribution < -0.4 is 11.5 Å². The molecule has 18 heavy (non-hydrogen) atoms. The Balaban J connectivity index is 3.73. The van der Waals surface area contributed by atoms with Crippen LogP contribution in [-0.4, -0.2) is 54.0 Å². The Morgan fingerprint density at radius 3 is 2.17 bits per heavy atom. The Morgan fingerprint density at radius 2 is 1.72 bits per heavy atom. The molecule has 0 aromatic rings. The summed E-state index contributed by atoms with van der Waals surface area (Å²) in [6, 6.07) is -1.69. The van der Waals surface area contributed by atoms with Crippen molar-refractivity contribution < 1.29 is 24.2 Å². The van der Waals surface area contributed by atoms with Gasteiger partial charge in [-0.1, -0.05) is 21.6 Å². The highest BCUT2D eigenvalue weighted by atomic mass is 33.1. The molecule has 0 rings (SSSR count). The molecule has 0 saturated carbocycles. The number of carbonyl (C=O) groups excluding carboxylic acids is 1. The summed E-state index contributed by atoms with van der Waals surface area (Å²) < 4.78 is 9.61. The zero-order valence-electron chi connectivity index (χ0n) is 10.2. The standard InChI is InChI=1S/C9H18N2O5S2/c1-5(15-2)16-9(14)7(11)4-18-17-3-6(10)8(12)13/h5-7H,3-4,10-11H2,1-2H3,(H,12,13). The third-order valence-corrected chi connectivity index (χ3v) is 4.29. The van der Waals surface area contributed by atoms with Crippen LogP contribution in [-0.2, 0) is 19.1 Å². The SMILES string of the molecule is COC(C)OC(=O)C(N)CSSCC(N)C(=O)O. The lowest BCUT2D eigenvalue weighted by Crippen LogP contribution is -2.36. The van der Waals surface area contributed by atoms with Crippen molar-refractivity contribution in [2.45, 2.75) is 25.3 Å². The first-order valence-corrected chi connectivity index (χ1v) is 7.59. The number of hydrogen-bond acceptors (Lipinski definition) is 8. The van der Waals surface area contributed by atoms with Crippen LogP contribution in [0, 0.1) is 0 Å². The molecule has 3 atom stereocenters. The maximum absolute atomic E-state index is 11.4. The first-order chi connectivity index (χ1) is 8.38. The van der Waals surface area contributed by atoms with Crippen LogP contribution in [0.15, 0.2) is 0 Å². The number of methoxy groups -OCH3 is 1. The zero-order chi connectivity index (χ0) is 14.1. The summed E-state index contributed by atoms with van der Waals surface area (Å²) in [5.74, 6) is -1.05. The second kappa shape index (κ2) is 9.45. The van der Waals surface area contributed by atoms with Gasteiger partial charge in [0.2, 0.25) is 0 Å². The maximum Gasteiger partial charge on any atom is 0.326 e. The number of carboxylic acids is 1. The summed E-state index contributed by atoms with van der Waals surface area (Å²) in [5, 5.41) is 8.54. The van der Waals surface area contributed by atoms with E-state index in [0.29, 0.717) is 5.75 Å². The smallest absolute Gasteiger partial charge is 0.326 e. The molecule has 0 aliphatic carbocycles. The summed E-state index contributed by atoms with van der Waals surface area (Å²) in [6.07, 6.45) is -0.637. The first-order valence-electron chi connectivity index (χ1n) is 5.10. The molecule has 3 unspecified atom stereocenters. The van der Waals surface area contributed by atoms with Crippen molar-refractivity contribution in [2.24, 2.45) is 11.5 Å². The molecule has 0 aromatic heterocycles. The topological polar surface area (TPSA) is 125 Å². The molecule has 0 bridgehead atoms. The van der Waals surface area contributed by atoms with Crippen LogP contribution in [0.2, 0.25) is 0 Å². The number of rotatable bonds is 9. The highest BCUT2D eigenvalue weighted by molar-refractivity contribution is 8.76. The molecule has 0 radical (unpaired) electrons. The van der Waals surface area contributed by atoms with E-state index in [9.17, 15) is 9.59 Å². The molecule has 0 fully saturated rings. The van der Waals surface area contributed by atoms with Gasteiger partial charge in [-0.05, 0) is 6.92 Å². The van der Waals surface area contributed by atoms with Crippen LogP contribution in [0.5, 0.6) is 0 Å². The predicted molar refractivity (Wildman–Crippen MR) is 71.1 cm³/mol. The fourth-order valence-electron chi connectivity index (χ4n) is 0.681. The Hall–Kier alpha value is -0.480. The van der Waals surface area contributed by atoms with E-state index in [1.165, 1.54) is 28.7 Å². The average Bonchev–Trinajstić information content (AvgIpc) is 2.33. The largest absolute Gasteiger partial charge is 0.480 e. The van der Waals surface area contributed by atoms with E-state index in [4.69, 9.17) is 26.0 Å². The Labute approximate surface area is 113 Å². The number of hydrogen-bond donors (Lipinski definition) is 3. The minimum absolute atomic E-state index is 0.246. The van der Waals surface area contributed by atoms with Gasteiger partial charge in [0.25, 0.3) is 0 Å². The summed E-state index contributed by atoms with van der Waals surface area (Å²) in [4.78, 5) is 21.8. The van der Waals surface area contributed by atoms with Crippen molar-refractivity contribution in [1.29, 1.82) is 0 Å². The highest BCUT2D eigenvalue weighted by Gasteiger charge is 2.18. The van der Waals surface area contributed by atoms with E-state index in [2.05, 4.69) is 0 Å². The van der Waals surface area contributed by atoms with Gasteiger partial charge in [-0.15, -0.1) is 0 Å². The first kappa shape index (κ1) is 17.5. The lowest BCUT2D eigenvalue weighted by atomic mass is 10.4. The van der Waals surface area contributed by atoms with Gasteiger partial charge >= 0.3 is 11.9 Å². The molecule has 106 valence electrons. The minimum Gasteiger partial charge on any atom is -0.480 e. The molecular weight excluding hydrogens is 280 g/mol. The van der Waals surface area contributed by atoms with E-state index in [1.54, 1.807) is 6.92 Å². The van der Waals surface area contributed by atoms with Gasteiger partial charge < -0.3 is 26.0 Å². The molecule has 0 aliphatic rings. The van der Waals surface area contributed by atoms with Crippen molar-refractivity contribution in [3.05, 3.63) is 0 Å². The van der Waals surface area contributed by atoms with Crippen LogP contribution in [0.25, 0.3) is 0 Å². The number of carbonyl (C=O) groups is 2. The van der Waals surface area contributed by atoms with Crippen molar-refractivity contribution in [2.75, 3.05) is 18.6 Å². The number of nitrogens with two attached hydrogens (primary N) is 2. The van der Waals surface area contributed by atoms with E-state index < -0.39 is 30.3 Å². The van der Waals surface area contributed by atoms with Gasteiger partial charge in [0.1, 0.15) is 12.1 Å². The van der Waals surface area contributed by atoms with Gasteiger partial charge in [0, 0.05) is 18.6 Å². The molecule has 0 spiro atoms. The second-order valence-corrected chi connectivity index (χ2v) is 5.91. The Bertz CT molecular complexity index is 280. The van der Waals surface area contributed by atoms with Gasteiger partial charge in [-0.3, -0.25) is 9.59 Å². The molecule has 0 heterocycles. The average molecular weight is 298 g/mol. The Morgan fingerprint density at radius 1 is 1.22 bits per heavy atom. The number of esters is 1. The third kappa shape index (κ3) is 7.77. The van der Waals surface area contributed by atoms with Crippen LogP contribution in [0.1, 0.15) is 6.92 Å². The highest BCUT2D eigenvalue weighted by Crippen LogP contribution is 2.22. The number of aliphatic carboxylic acids is 1. The van der Waals surface area contributed by atoms with Crippen molar-refractivity contribution in [1.82, 2.24) is 0 Å². The van der Waals surface area contributed by atoms with Crippen LogP contribution >= 0.6 is 21.6 Å². The van der Waals surface area contributed by atoms with E-state index >= 15 is 0 Å². The Kier molecular flexibility index (Phi) is 9.20. The molecule has 5 N–H and O–H groups in total. The number of carboxylic acid groups (broad SMARTS) is 1. The van der Waals surface area contributed by atoms with Gasteiger partial charge in [0.05, 0.1) is 0 Å². The van der Waals surface area contributed by atoms with E-state index in [0.717, 1.165) is 0 Å². The minimum atomic E-state index is -1.05. The molecule has 9 heteroatoms. The normalized spacial score (nSPS) is 15.8. The van der Waals surface area contributed by atoms with Gasteiger partial charge in [0.15, 0.2) is 6.29 Å². The molecule has 0 saturated heterocycles. The van der Waals surface area contributed by atoms with E-state index in [1.807, 2.05) is 0 Å². The predicted octanol–water partition coefficient (Wildman–Crippen LogP) is -0.357. The lowest BCUT2D eigenvalue weighted by Gasteiger charge is -2.15. The molecule has 7 nitrogen and oxygen atoms in total. The third-order valence-electron chi connectivity index (χ3n) is 1.81. The summed E-state index contributed by atoms with van der Waals surface area (Å²) in [6.45, 7) is 1.58. The summed E-state index contributed by atoms with van der Waals surface area (Å²) >= 11 is 0. The second-order valence-electron chi connectivity index (χ2n) is 3.36. The fraction of sp³-hybridized carbons (Fsp3) is 0.778. The fourth-order valence-corrected chi connectivity index (χ4v) is 2.90. The van der Waals surface area contributed by atoms with Crippen molar-refractivity contribution in [3.63, 3.8) is 0 Å². The van der Waals surface area contributed by atoms with Gasteiger partial charge in [-0.25, -0.2) is 0 Å². The lowest BCUT2D eigenvalue weighted by molar-refractivity contribution is -0.170. The molecule has 0 aromatic carbocycles. The summed E-state index contributed by atoms with van der Waals surface area (Å²) in [5.41, 5.74) is 10.9. The number of ether oxygens (including phenoxy) is 2. The zero-order valence-corrected chi connectivity index (χ0v) is 11.8. The quantitative estimate of drug-likeness (QED) is 0.226. The molecule has 0 amide bonds. The van der Waals surface area contributed by atoms with Crippen LogP contribution in [0.4, 0.5) is 0 Å². The van der Waals surface area contributed by atoms with E-state index in [-0.39, 0.29) is 5.75 Å². The van der Waals surface area contributed by atoms with Crippen molar-refractivity contribution >= 4 is 33.5 Å². The van der Waals surface area contributed by atoms with Crippen molar-refractivity contribution in [3.8, 4) is 0 Å². The maximum atomic E-state index is 11.4. The molecular formula is C9H18N2O5S2.